The summed E-state index contributed by atoms with van der Waals surface area (Å²) in [7, 11) is 3.30. The minimum atomic E-state index is -0.197. The predicted octanol–water partition coefficient (Wildman–Crippen LogP) is 1.74. The molecule has 0 saturated heterocycles. The fraction of sp³-hybridized carbons (Fsp3) is 0.462. The van der Waals surface area contributed by atoms with Crippen LogP contribution in [0.15, 0.2) is 24.3 Å². The molecule has 1 aromatic rings. The number of ether oxygens (including phenoxy) is 2. The Morgan fingerprint density at radius 3 is 2.94 bits per heavy atom. The van der Waals surface area contributed by atoms with Gasteiger partial charge in [-0.15, -0.1) is 0 Å². The van der Waals surface area contributed by atoms with Crippen molar-refractivity contribution in [1.29, 1.82) is 0 Å². The Kier molecular flexibility index (Phi) is 6.10. The SMILES string of the molecule is CNCc1cccc(OCCCC(=O)OC)c1. The van der Waals surface area contributed by atoms with E-state index >= 15 is 0 Å². The van der Waals surface area contributed by atoms with E-state index in [1.165, 1.54) is 12.7 Å². The number of benzene rings is 1. The Labute approximate surface area is 102 Å². The van der Waals surface area contributed by atoms with Crippen molar-refractivity contribution in [3.8, 4) is 5.75 Å². The molecule has 0 aliphatic rings. The highest BCUT2D eigenvalue weighted by molar-refractivity contribution is 5.69. The lowest BCUT2D eigenvalue weighted by Crippen LogP contribution is -2.06. The van der Waals surface area contributed by atoms with Gasteiger partial charge in [-0.25, -0.2) is 0 Å². The zero-order valence-electron chi connectivity index (χ0n) is 10.4. The van der Waals surface area contributed by atoms with E-state index in [1.54, 1.807) is 0 Å². The van der Waals surface area contributed by atoms with Crippen LogP contribution >= 0.6 is 0 Å². The van der Waals surface area contributed by atoms with Gasteiger partial charge in [0, 0.05) is 13.0 Å². The standard InChI is InChI=1S/C13H19NO3/c1-14-10-11-5-3-6-12(9-11)17-8-4-7-13(15)16-2/h3,5-6,9,14H,4,7-8,10H2,1-2H3. The van der Waals surface area contributed by atoms with Crippen molar-refractivity contribution >= 4 is 5.97 Å². The fourth-order valence-electron chi connectivity index (χ4n) is 1.46. The first kappa shape index (κ1) is 13.5. The van der Waals surface area contributed by atoms with Crippen molar-refractivity contribution in [2.75, 3.05) is 20.8 Å². The summed E-state index contributed by atoms with van der Waals surface area (Å²) in [5.41, 5.74) is 1.18. The molecule has 1 rings (SSSR count). The highest BCUT2D eigenvalue weighted by Gasteiger charge is 2.00. The zero-order chi connectivity index (χ0) is 12.5. The van der Waals surface area contributed by atoms with Gasteiger partial charge in [0.15, 0.2) is 0 Å². The third-order valence-corrected chi connectivity index (χ3v) is 2.30. The molecule has 4 nitrogen and oxygen atoms in total. The number of hydrogen-bond donors (Lipinski definition) is 1. The molecule has 0 aromatic heterocycles. The Bertz CT molecular complexity index is 352. The van der Waals surface area contributed by atoms with Crippen molar-refractivity contribution in [1.82, 2.24) is 5.32 Å². The molecular weight excluding hydrogens is 218 g/mol. The molecule has 0 bridgehead atoms. The Balaban J connectivity index is 2.31. The third kappa shape index (κ3) is 5.36. The molecule has 0 heterocycles. The van der Waals surface area contributed by atoms with E-state index < -0.39 is 0 Å². The molecule has 0 aliphatic carbocycles. The van der Waals surface area contributed by atoms with E-state index in [1.807, 2.05) is 31.3 Å². The molecule has 1 aromatic carbocycles. The predicted molar refractivity (Wildman–Crippen MR) is 66.0 cm³/mol. The average Bonchev–Trinajstić information content (AvgIpc) is 2.35. The minimum absolute atomic E-state index is 0.197. The van der Waals surface area contributed by atoms with Crippen LogP contribution in [0.2, 0.25) is 0 Å². The lowest BCUT2D eigenvalue weighted by atomic mass is 10.2. The summed E-state index contributed by atoms with van der Waals surface area (Å²) in [6, 6.07) is 7.91. The molecule has 0 unspecified atom stereocenters. The highest BCUT2D eigenvalue weighted by Crippen LogP contribution is 2.13. The van der Waals surface area contributed by atoms with Crippen LogP contribution in [-0.2, 0) is 16.1 Å². The molecule has 0 amide bonds. The minimum Gasteiger partial charge on any atom is -0.494 e. The lowest BCUT2D eigenvalue weighted by Gasteiger charge is -2.07. The van der Waals surface area contributed by atoms with Gasteiger partial charge < -0.3 is 14.8 Å². The van der Waals surface area contributed by atoms with Crippen molar-refractivity contribution in [2.45, 2.75) is 19.4 Å². The molecule has 0 atom stereocenters. The first-order valence-electron chi connectivity index (χ1n) is 5.69. The monoisotopic (exact) mass is 237 g/mol. The van der Waals surface area contributed by atoms with Crippen LogP contribution in [0, 0.1) is 0 Å². The van der Waals surface area contributed by atoms with Gasteiger partial charge in [0.1, 0.15) is 5.75 Å². The van der Waals surface area contributed by atoms with Crippen LogP contribution in [-0.4, -0.2) is 26.7 Å². The normalized spacial score (nSPS) is 10.0. The molecule has 0 fully saturated rings. The Hall–Kier alpha value is -1.55. The van der Waals surface area contributed by atoms with Gasteiger partial charge in [-0.3, -0.25) is 4.79 Å². The maximum absolute atomic E-state index is 10.9. The second-order valence-electron chi connectivity index (χ2n) is 3.71. The van der Waals surface area contributed by atoms with Crippen LogP contribution in [0.3, 0.4) is 0 Å². The van der Waals surface area contributed by atoms with Crippen molar-refractivity contribution < 1.29 is 14.3 Å². The quantitative estimate of drug-likeness (QED) is 0.579. The smallest absolute Gasteiger partial charge is 0.305 e. The van der Waals surface area contributed by atoms with Crippen molar-refractivity contribution in [3.63, 3.8) is 0 Å². The van der Waals surface area contributed by atoms with Crippen molar-refractivity contribution in [3.05, 3.63) is 29.8 Å². The van der Waals surface area contributed by atoms with Crippen LogP contribution < -0.4 is 10.1 Å². The van der Waals surface area contributed by atoms with E-state index in [4.69, 9.17) is 4.74 Å². The number of nitrogens with one attached hydrogen (secondary N) is 1. The summed E-state index contributed by atoms with van der Waals surface area (Å²) in [4.78, 5) is 10.9. The Morgan fingerprint density at radius 2 is 2.24 bits per heavy atom. The fourth-order valence-corrected chi connectivity index (χ4v) is 1.46. The van der Waals surface area contributed by atoms with Gasteiger partial charge in [-0.2, -0.15) is 0 Å². The first-order valence-corrected chi connectivity index (χ1v) is 5.69. The molecule has 1 N–H and O–H groups in total. The zero-order valence-corrected chi connectivity index (χ0v) is 10.4. The van der Waals surface area contributed by atoms with Gasteiger partial charge in [-0.1, -0.05) is 12.1 Å². The van der Waals surface area contributed by atoms with Gasteiger partial charge in [0.2, 0.25) is 0 Å². The van der Waals surface area contributed by atoms with E-state index in [-0.39, 0.29) is 5.97 Å². The average molecular weight is 237 g/mol. The van der Waals surface area contributed by atoms with Crippen LogP contribution in [0.5, 0.6) is 5.75 Å². The van der Waals surface area contributed by atoms with Crippen molar-refractivity contribution in [2.24, 2.45) is 0 Å². The molecule has 17 heavy (non-hydrogen) atoms. The lowest BCUT2D eigenvalue weighted by molar-refractivity contribution is -0.140. The largest absolute Gasteiger partial charge is 0.494 e. The summed E-state index contributed by atoms with van der Waals surface area (Å²) < 4.78 is 10.1. The maximum atomic E-state index is 10.9. The third-order valence-electron chi connectivity index (χ3n) is 2.30. The molecule has 0 aliphatic heterocycles. The van der Waals surface area contributed by atoms with E-state index in [9.17, 15) is 4.79 Å². The maximum Gasteiger partial charge on any atom is 0.305 e. The molecule has 94 valence electrons. The van der Waals surface area contributed by atoms with E-state index in [0.717, 1.165) is 12.3 Å². The molecule has 0 radical (unpaired) electrons. The summed E-state index contributed by atoms with van der Waals surface area (Å²) in [6.45, 7) is 1.34. The molecule has 0 saturated carbocycles. The summed E-state index contributed by atoms with van der Waals surface area (Å²) >= 11 is 0. The summed E-state index contributed by atoms with van der Waals surface area (Å²) in [5.74, 6) is 0.639. The number of rotatable bonds is 7. The molecule has 0 spiro atoms. The van der Waals surface area contributed by atoms with Crippen LogP contribution in [0.4, 0.5) is 0 Å². The van der Waals surface area contributed by atoms with Gasteiger partial charge in [0.25, 0.3) is 0 Å². The van der Waals surface area contributed by atoms with Crippen LogP contribution in [0.25, 0.3) is 0 Å². The van der Waals surface area contributed by atoms with Crippen LogP contribution in [0.1, 0.15) is 18.4 Å². The van der Waals surface area contributed by atoms with Gasteiger partial charge in [0.05, 0.1) is 13.7 Å². The van der Waals surface area contributed by atoms with E-state index in [0.29, 0.717) is 19.4 Å². The second kappa shape index (κ2) is 7.68. The topological polar surface area (TPSA) is 47.6 Å². The number of carbonyl (C=O) groups is 1. The summed E-state index contributed by atoms with van der Waals surface area (Å²) in [5, 5.41) is 3.08. The second-order valence-corrected chi connectivity index (χ2v) is 3.71. The Morgan fingerprint density at radius 1 is 1.41 bits per heavy atom. The van der Waals surface area contributed by atoms with E-state index in [2.05, 4.69) is 10.1 Å². The first-order chi connectivity index (χ1) is 8.26. The highest BCUT2D eigenvalue weighted by atomic mass is 16.5. The molecule has 4 heteroatoms. The number of hydrogen-bond acceptors (Lipinski definition) is 4. The van der Waals surface area contributed by atoms with Gasteiger partial charge >= 0.3 is 5.97 Å². The number of methoxy groups -OCH3 is 1. The van der Waals surface area contributed by atoms with Gasteiger partial charge in [-0.05, 0) is 31.2 Å². The summed E-state index contributed by atoms with van der Waals surface area (Å²) in [6.07, 6.45) is 1.07. The number of esters is 1. The molecular formula is C13H19NO3. The number of carbonyl (C=O) groups excluding carboxylic acids is 1.